The zero-order chi connectivity index (χ0) is 31.7. The van der Waals surface area contributed by atoms with E-state index in [-0.39, 0.29) is 0 Å². The van der Waals surface area contributed by atoms with E-state index in [1.807, 2.05) is 0 Å². The molecule has 0 aliphatic rings. The van der Waals surface area contributed by atoms with Crippen molar-refractivity contribution >= 4 is 17.2 Å². The van der Waals surface area contributed by atoms with Gasteiger partial charge >= 0.3 is 246 Å². The summed E-state index contributed by atoms with van der Waals surface area (Å²) < 4.78 is 75.1. The van der Waals surface area contributed by atoms with Crippen LogP contribution in [0.3, 0.4) is 0 Å². The summed E-state index contributed by atoms with van der Waals surface area (Å²) in [6.45, 7) is 5.06. The van der Waals surface area contributed by atoms with Gasteiger partial charge in [-0.1, -0.05) is 13.3 Å². The second kappa shape index (κ2) is 24.3. The molecule has 42 heavy (non-hydrogen) atoms. The Morgan fingerprint density at radius 2 is 0.690 bits per heavy atom. The van der Waals surface area contributed by atoms with Gasteiger partial charge in [-0.25, -0.2) is 0 Å². The summed E-state index contributed by atoms with van der Waals surface area (Å²) in [5.41, 5.74) is 0. The molecule has 0 atom stereocenters. The molecule has 0 amide bonds. The van der Waals surface area contributed by atoms with Crippen LogP contribution in [0.2, 0.25) is 0 Å². The standard InChI is InChI=1S/C33H68F3O4PS/c1-5-9-13-17-18-19-20-21-22-23-24-28-32-41(29-25-14-10-6-2,30-26-15-11-7-3,31-27-16-12-8-4)40-42(37,38)39-33(34,35)36/h5-32H2,1-4H3. The van der Waals surface area contributed by atoms with Crippen LogP contribution in [0.5, 0.6) is 0 Å². The van der Waals surface area contributed by atoms with Crippen LogP contribution in [0, 0.1) is 0 Å². The molecule has 256 valence electrons. The number of hydrogen-bond donors (Lipinski definition) is 0. The Kier molecular flexibility index (Phi) is 24.4. The maximum atomic E-state index is 13.2. The molecule has 0 aliphatic carbocycles. The van der Waals surface area contributed by atoms with Gasteiger partial charge in [0.1, 0.15) is 0 Å². The first-order chi connectivity index (χ1) is 20.0. The Balaban J connectivity index is 5.73. The van der Waals surface area contributed by atoms with E-state index in [1.54, 1.807) is 0 Å². The molecule has 0 rings (SSSR count). The summed E-state index contributed by atoms with van der Waals surface area (Å²) >= 11 is 0. The van der Waals surface area contributed by atoms with Crippen molar-refractivity contribution in [2.45, 2.75) is 188 Å². The van der Waals surface area contributed by atoms with Gasteiger partial charge in [0.2, 0.25) is 0 Å². The molecule has 0 aromatic heterocycles. The van der Waals surface area contributed by atoms with Gasteiger partial charge < -0.3 is 0 Å². The predicted molar refractivity (Wildman–Crippen MR) is 177 cm³/mol. The summed E-state index contributed by atoms with van der Waals surface area (Å²) in [5.74, 6) is 0. The zero-order valence-electron chi connectivity index (χ0n) is 27.9. The van der Waals surface area contributed by atoms with E-state index in [1.165, 1.54) is 51.4 Å². The Bertz CT molecular complexity index is 697. The van der Waals surface area contributed by atoms with Crippen LogP contribution in [0.4, 0.5) is 13.2 Å². The molecule has 0 aromatic carbocycles. The third-order valence-electron chi connectivity index (χ3n) is 8.81. The van der Waals surface area contributed by atoms with Gasteiger partial charge in [0, 0.05) is 0 Å². The Morgan fingerprint density at radius 3 is 0.952 bits per heavy atom. The third-order valence-corrected chi connectivity index (χ3v) is 17.4. The molecular formula is C33H68F3O4PS. The van der Waals surface area contributed by atoms with Gasteiger partial charge in [-0.15, -0.1) is 0 Å². The van der Waals surface area contributed by atoms with Crippen molar-refractivity contribution in [3.63, 3.8) is 0 Å². The predicted octanol–water partition coefficient (Wildman–Crippen LogP) is 12.7. The second-order valence-electron chi connectivity index (χ2n) is 12.8. The van der Waals surface area contributed by atoms with E-state index in [0.29, 0.717) is 24.6 Å². The molecule has 0 saturated carbocycles. The molecule has 0 aliphatic heterocycles. The van der Waals surface area contributed by atoms with Crippen LogP contribution in [0.25, 0.3) is 0 Å². The van der Waals surface area contributed by atoms with Crippen molar-refractivity contribution in [3.05, 3.63) is 0 Å². The van der Waals surface area contributed by atoms with Crippen molar-refractivity contribution in [2.24, 2.45) is 0 Å². The fraction of sp³-hybridized carbons (Fsp3) is 1.00. The average molecular weight is 649 g/mol. The molecule has 0 saturated heterocycles. The normalized spacial score (nSPS) is 13.8. The second-order valence-corrected chi connectivity index (χ2v) is 19.9. The fourth-order valence-electron chi connectivity index (χ4n) is 6.38. The minimum atomic E-state index is -5.29. The first-order valence-electron chi connectivity index (χ1n) is 17.7. The van der Waals surface area contributed by atoms with Gasteiger partial charge in [0.15, 0.2) is 0 Å². The molecular weight excluding hydrogens is 580 g/mol. The topological polar surface area (TPSA) is 52.6 Å². The Labute approximate surface area is 259 Å². The van der Waals surface area contributed by atoms with Crippen LogP contribution in [-0.4, -0.2) is 39.4 Å². The Morgan fingerprint density at radius 1 is 0.452 bits per heavy atom. The summed E-state index contributed by atoms with van der Waals surface area (Å²) in [4.78, 5) is 0. The molecule has 0 radical (unpaired) electrons. The Hall–Kier alpha value is 0.0900. The van der Waals surface area contributed by atoms with Crippen molar-refractivity contribution in [1.29, 1.82) is 0 Å². The van der Waals surface area contributed by atoms with E-state index in [4.69, 9.17) is 3.97 Å². The summed E-state index contributed by atoms with van der Waals surface area (Å²) in [5, 5.41) is 0. The molecule has 0 bridgehead atoms. The number of hydrogen-bond acceptors (Lipinski definition) is 4. The fourth-order valence-corrected chi connectivity index (χ4v) is 15.4. The van der Waals surface area contributed by atoms with Crippen LogP contribution < -0.4 is 0 Å². The minimum absolute atomic E-state index is 0.586. The molecule has 0 spiro atoms. The van der Waals surface area contributed by atoms with Crippen molar-refractivity contribution in [3.8, 4) is 0 Å². The van der Waals surface area contributed by atoms with Gasteiger partial charge in [0.05, 0.1) is 0 Å². The van der Waals surface area contributed by atoms with Crippen molar-refractivity contribution in [2.75, 3.05) is 24.6 Å². The van der Waals surface area contributed by atoms with E-state index in [9.17, 15) is 21.6 Å². The molecule has 0 heterocycles. The van der Waals surface area contributed by atoms with Crippen LogP contribution in [-0.2, 0) is 18.6 Å². The number of alkyl halides is 3. The van der Waals surface area contributed by atoms with Crippen LogP contribution >= 0.6 is 6.83 Å². The van der Waals surface area contributed by atoms with E-state index < -0.39 is 23.6 Å². The molecule has 0 unspecified atom stereocenters. The summed E-state index contributed by atoms with van der Waals surface area (Å²) in [6, 6.07) is 0. The van der Waals surface area contributed by atoms with Crippen LogP contribution in [0.15, 0.2) is 0 Å². The monoisotopic (exact) mass is 648 g/mol. The first-order valence-corrected chi connectivity index (χ1v) is 21.9. The number of unbranched alkanes of at least 4 members (excludes halogenated alkanes) is 20. The average Bonchev–Trinajstić information content (AvgIpc) is 2.91. The first kappa shape index (κ1) is 42.1. The summed E-state index contributed by atoms with van der Waals surface area (Å²) in [7, 11) is -5.22. The molecule has 0 aromatic rings. The van der Waals surface area contributed by atoms with Crippen molar-refractivity contribution < 1.29 is 29.7 Å². The number of rotatable bonds is 31. The van der Waals surface area contributed by atoms with Gasteiger partial charge in [-0.05, 0) is 0 Å². The van der Waals surface area contributed by atoms with Gasteiger partial charge in [-0.2, -0.15) is 0 Å². The SMILES string of the molecule is CCCCCCCCCCCCCCP(CCCCCC)(CCCCCC)(CCCCCC)OS(=O)(=O)OC(F)(F)F. The van der Waals surface area contributed by atoms with E-state index >= 15 is 0 Å². The molecule has 9 heteroatoms. The van der Waals surface area contributed by atoms with E-state index in [0.717, 1.165) is 103 Å². The van der Waals surface area contributed by atoms with Gasteiger partial charge in [0.25, 0.3) is 0 Å². The van der Waals surface area contributed by atoms with E-state index in [2.05, 4.69) is 31.9 Å². The number of halogens is 3. The van der Waals surface area contributed by atoms with Crippen molar-refractivity contribution in [1.82, 2.24) is 0 Å². The molecule has 4 nitrogen and oxygen atoms in total. The molecule has 0 fully saturated rings. The molecule has 0 N–H and O–H groups in total. The van der Waals surface area contributed by atoms with Gasteiger partial charge in [-0.3, -0.25) is 0 Å². The summed E-state index contributed by atoms with van der Waals surface area (Å²) in [6.07, 6.45) is 22.9. The third kappa shape index (κ3) is 21.7. The maximum absolute atomic E-state index is 13.2. The van der Waals surface area contributed by atoms with Crippen LogP contribution in [0.1, 0.15) is 182 Å². The quantitative estimate of drug-likeness (QED) is 0.0554. The zero-order valence-corrected chi connectivity index (χ0v) is 29.6.